The predicted molar refractivity (Wildman–Crippen MR) is 116 cm³/mol. The molecule has 9 nitrogen and oxygen atoms in total. The van der Waals surface area contributed by atoms with E-state index in [4.69, 9.17) is 9.84 Å². The van der Waals surface area contributed by atoms with Crippen LogP contribution in [0, 0.1) is 6.92 Å². The molecule has 0 bridgehead atoms. The number of nitrogens with zero attached hydrogens (tertiary/aromatic N) is 3. The van der Waals surface area contributed by atoms with Gasteiger partial charge in [-0.2, -0.15) is 0 Å². The highest BCUT2D eigenvalue weighted by Gasteiger charge is 2.43. The number of aliphatic hydroxyl groups excluding tert-OH is 3. The fraction of sp³-hybridized carbons (Fsp3) is 0.348. The second-order valence-corrected chi connectivity index (χ2v) is 7.85. The monoisotopic (exact) mass is 439 g/mol. The average Bonchev–Trinajstić information content (AvgIpc) is 3.07. The van der Waals surface area contributed by atoms with Crippen molar-refractivity contribution in [1.29, 1.82) is 0 Å². The highest BCUT2D eigenvalue weighted by Crippen LogP contribution is 2.29. The summed E-state index contributed by atoms with van der Waals surface area (Å²) in [6, 6.07) is 12.8. The molecule has 0 radical (unpaired) electrons. The maximum atomic E-state index is 13.1. The summed E-state index contributed by atoms with van der Waals surface area (Å²) >= 11 is 0. The molecule has 0 aliphatic carbocycles. The van der Waals surface area contributed by atoms with Crippen molar-refractivity contribution >= 4 is 0 Å². The number of benzene rings is 1. The van der Waals surface area contributed by atoms with Crippen LogP contribution in [0.4, 0.5) is 0 Å². The van der Waals surface area contributed by atoms with Gasteiger partial charge < -0.3 is 20.1 Å². The van der Waals surface area contributed by atoms with E-state index in [0.717, 1.165) is 25.8 Å². The molecule has 4 atom stereocenters. The number of pyridine rings is 1. The minimum atomic E-state index is -1.38. The second-order valence-electron chi connectivity index (χ2n) is 7.85. The molecule has 168 valence electrons. The van der Waals surface area contributed by atoms with Gasteiger partial charge in [0.15, 0.2) is 6.23 Å². The third-order valence-electron chi connectivity index (χ3n) is 5.69. The molecule has 0 amide bonds. The summed E-state index contributed by atoms with van der Waals surface area (Å²) in [4.78, 5) is 30.0. The molecule has 4 rings (SSSR count). The van der Waals surface area contributed by atoms with E-state index in [1.165, 1.54) is 12.3 Å². The molecule has 1 saturated heterocycles. The molecule has 1 aliphatic rings. The van der Waals surface area contributed by atoms with Crippen LogP contribution in [-0.2, 0) is 11.3 Å². The number of aromatic nitrogens is 3. The lowest BCUT2D eigenvalue weighted by molar-refractivity contribution is -0.0458. The Morgan fingerprint density at radius 2 is 1.84 bits per heavy atom. The summed E-state index contributed by atoms with van der Waals surface area (Å²) in [7, 11) is 0. The normalized spacial score (nSPS) is 22.9. The molecule has 32 heavy (non-hydrogen) atoms. The van der Waals surface area contributed by atoms with Gasteiger partial charge in [-0.3, -0.25) is 18.9 Å². The van der Waals surface area contributed by atoms with Gasteiger partial charge in [-0.25, -0.2) is 4.79 Å². The molecule has 1 aromatic carbocycles. The first kappa shape index (κ1) is 22.1. The number of hydrogen-bond donors (Lipinski definition) is 3. The third kappa shape index (κ3) is 4.15. The van der Waals surface area contributed by atoms with E-state index in [-0.39, 0.29) is 19.6 Å². The Bertz CT molecular complexity index is 1210. The van der Waals surface area contributed by atoms with Gasteiger partial charge in [0.25, 0.3) is 5.56 Å². The van der Waals surface area contributed by atoms with Crippen LogP contribution in [0.15, 0.2) is 64.4 Å². The number of aryl methyl sites for hydroxylation is 1. The number of aliphatic hydroxyl groups is 3. The first-order chi connectivity index (χ1) is 15.4. The highest BCUT2D eigenvalue weighted by molar-refractivity contribution is 5.66. The summed E-state index contributed by atoms with van der Waals surface area (Å²) in [6.07, 6.45) is -1.58. The van der Waals surface area contributed by atoms with E-state index in [1.807, 2.05) is 43.3 Å². The molecule has 4 unspecified atom stereocenters. The Morgan fingerprint density at radius 3 is 2.56 bits per heavy atom. The number of hydrogen-bond acceptors (Lipinski definition) is 7. The van der Waals surface area contributed by atoms with Gasteiger partial charge in [-0.1, -0.05) is 30.3 Å². The average molecular weight is 439 g/mol. The van der Waals surface area contributed by atoms with Crippen molar-refractivity contribution < 1.29 is 20.1 Å². The molecule has 3 N–H and O–H groups in total. The molecule has 0 spiro atoms. The fourth-order valence-electron chi connectivity index (χ4n) is 3.94. The third-order valence-corrected chi connectivity index (χ3v) is 5.69. The largest absolute Gasteiger partial charge is 0.396 e. The zero-order chi connectivity index (χ0) is 22.8. The second kappa shape index (κ2) is 9.17. The lowest BCUT2D eigenvalue weighted by Crippen LogP contribution is -2.43. The van der Waals surface area contributed by atoms with Crippen LogP contribution in [0.25, 0.3) is 11.1 Å². The van der Waals surface area contributed by atoms with Crippen LogP contribution in [-0.4, -0.2) is 54.4 Å². The zero-order valence-electron chi connectivity index (χ0n) is 17.5. The molecule has 3 heterocycles. The summed E-state index contributed by atoms with van der Waals surface area (Å²) in [5.74, 6) is 0. The molecule has 2 aromatic heterocycles. The van der Waals surface area contributed by atoms with Crippen LogP contribution >= 0.6 is 0 Å². The van der Waals surface area contributed by atoms with Gasteiger partial charge in [-0.05, 0) is 36.1 Å². The van der Waals surface area contributed by atoms with E-state index in [9.17, 15) is 19.8 Å². The van der Waals surface area contributed by atoms with Crippen LogP contribution in [0.5, 0.6) is 0 Å². The first-order valence-corrected chi connectivity index (χ1v) is 10.4. The van der Waals surface area contributed by atoms with Crippen LogP contribution in [0.3, 0.4) is 0 Å². The van der Waals surface area contributed by atoms with Crippen molar-refractivity contribution in [3.05, 3.63) is 87.0 Å². The van der Waals surface area contributed by atoms with Crippen molar-refractivity contribution in [2.24, 2.45) is 0 Å². The van der Waals surface area contributed by atoms with E-state index in [0.29, 0.717) is 5.69 Å². The Kier molecular flexibility index (Phi) is 6.33. The van der Waals surface area contributed by atoms with Crippen LogP contribution in [0.2, 0.25) is 0 Å². The van der Waals surface area contributed by atoms with Gasteiger partial charge in [-0.15, -0.1) is 0 Å². The smallest absolute Gasteiger partial charge is 0.333 e. The lowest BCUT2D eigenvalue weighted by atomic mass is 10.0. The maximum Gasteiger partial charge on any atom is 0.333 e. The first-order valence-electron chi connectivity index (χ1n) is 10.4. The van der Waals surface area contributed by atoms with Crippen molar-refractivity contribution in [3.63, 3.8) is 0 Å². The fourth-order valence-corrected chi connectivity index (χ4v) is 3.94. The Labute approximate surface area is 183 Å². The van der Waals surface area contributed by atoms with Gasteiger partial charge in [0.2, 0.25) is 0 Å². The Hall–Kier alpha value is -3.11. The van der Waals surface area contributed by atoms with E-state index < -0.39 is 35.8 Å². The summed E-state index contributed by atoms with van der Waals surface area (Å²) in [5, 5.41) is 29.6. The van der Waals surface area contributed by atoms with Gasteiger partial charge in [0.1, 0.15) is 12.2 Å². The SMILES string of the molecule is Cc1cnc(Cn2c(=O)ccn(C3OC(CCO)C(O)C3O)c2=O)cc1-c1ccccc1. The van der Waals surface area contributed by atoms with E-state index >= 15 is 0 Å². The maximum absolute atomic E-state index is 13.1. The highest BCUT2D eigenvalue weighted by atomic mass is 16.6. The quantitative estimate of drug-likeness (QED) is 0.508. The summed E-state index contributed by atoms with van der Waals surface area (Å²) < 4.78 is 7.69. The van der Waals surface area contributed by atoms with E-state index in [2.05, 4.69) is 4.98 Å². The van der Waals surface area contributed by atoms with Crippen molar-refractivity contribution in [1.82, 2.24) is 14.1 Å². The number of rotatable bonds is 6. The molecular formula is C23H25N3O6. The molecular weight excluding hydrogens is 414 g/mol. The molecule has 3 aromatic rings. The minimum Gasteiger partial charge on any atom is -0.396 e. The molecule has 9 heteroatoms. The minimum absolute atomic E-state index is 0.0654. The molecule has 1 aliphatic heterocycles. The summed E-state index contributed by atoms with van der Waals surface area (Å²) in [6.45, 7) is 1.64. The predicted octanol–water partition coefficient (Wildman–Crippen LogP) is 0.430. The molecule has 1 fully saturated rings. The van der Waals surface area contributed by atoms with E-state index in [1.54, 1.807) is 6.20 Å². The topological polar surface area (TPSA) is 127 Å². The van der Waals surface area contributed by atoms with Crippen LogP contribution in [0.1, 0.15) is 23.9 Å². The lowest BCUT2D eigenvalue weighted by Gasteiger charge is -2.19. The van der Waals surface area contributed by atoms with Crippen molar-refractivity contribution in [3.8, 4) is 11.1 Å². The van der Waals surface area contributed by atoms with Crippen molar-refractivity contribution in [2.75, 3.05) is 6.61 Å². The zero-order valence-corrected chi connectivity index (χ0v) is 17.5. The van der Waals surface area contributed by atoms with Gasteiger partial charge in [0, 0.05) is 25.1 Å². The molecule has 0 saturated carbocycles. The summed E-state index contributed by atoms with van der Waals surface area (Å²) in [5.41, 5.74) is 2.22. The standard InChI is InChI=1S/C23H25N3O6/c1-14-12-24-16(11-17(14)15-5-3-2-4-6-15)13-26-19(28)7-9-25(23(26)31)22-21(30)20(29)18(32-22)8-10-27/h2-7,9,11-12,18,20-22,27,29-30H,8,10,13H2,1H3. The van der Waals surface area contributed by atoms with Gasteiger partial charge >= 0.3 is 5.69 Å². The van der Waals surface area contributed by atoms with Gasteiger partial charge in [0.05, 0.1) is 18.3 Å². The number of ether oxygens (including phenoxy) is 1. The van der Waals surface area contributed by atoms with Crippen LogP contribution < -0.4 is 11.2 Å². The Balaban J connectivity index is 1.68. The van der Waals surface area contributed by atoms with Crippen molar-refractivity contribution in [2.45, 2.75) is 44.4 Å². The Morgan fingerprint density at radius 1 is 1.09 bits per heavy atom.